The summed E-state index contributed by atoms with van der Waals surface area (Å²) in [5, 5.41) is 6.16. The van der Waals surface area contributed by atoms with Crippen molar-refractivity contribution >= 4 is 29.1 Å². The number of likely N-dealkylation sites (N-methyl/N-ethyl adjacent to an activating group) is 1. The number of alkyl halides is 3. The molecule has 1 aromatic carbocycles. The van der Waals surface area contributed by atoms with Crippen molar-refractivity contribution in [2.75, 3.05) is 37.8 Å². The van der Waals surface area contributed by atoms with E-state index in [4.69, 9.17) is 11.6 Å². The lowest BCUT2D eigenvalue weighted by molar-refractivity contribution is -0.141. The second-order valence-electron chi connectivity index (χ2n) is 5.78. The number of nitrogens with zero attached hydrogens (tertiary/aromatic N) is 3. The van der Waals surface area contributed by atoms with E-state index in [-0.39, 0.29) is 11.8 Å². The Morgan fingerprint density at radius 2 is 1.88 bits per heavy atom. The van der Waals surface area contributed by atoms with Gasteiger partial charge in [-0.2, -0.15) is 18.2 Å². The highest BCUT2D eigenvalue weighted by Gasteiger charge is 2.33. The minimum atomic E-state index is -4.57. The van der Waals surface area contributed by atoms with Crippen molar-refractivity contribution in [3.8, 4) is 0 Å². The molecular formula is C16H19ClF3N5. The molecule has 0 aliphatic heterocycles. The van der Waals surface area contributed by atoms with Gasteiger partial charge in [0, 0.05) is 29.9 Å². The van der Waals surface area contributed by atoms with E-state index in [2.05, 4.69) is 20.6 Å². The van der Waals surface area contributed by atoms with Crippen molar-refractivity contribution in [1.82, 2.24) is 14.9 Å². The van der Waals surface area contributed by atoms with E-state index in [9.17, 15) is 13.2 Å². The van der Waals surface area contributed by atoms with Gasteiger partial charge in [0.2, 0.25) is 5.95 Å². The molecule has 2 aromatic rings. The molecule has 5 nitrogen and oxygen atoms in total. The predicted molar refractivity (Wildman–Crippen MR) is 93.5 cm³/mol. The van der Waals surface area contributed by atoms with Crippen molar-refractivity contribution in [1.29, 1.82) is 0 Å². The minimum Gasteiger partial charge on any atom is -0.353 e. The zero-order valence-corrected chi connectivity index (χ0v) is 14.8. The maximum Gasteiger partial charge on any atom is 0.433 e. The molecular weight excluding hydrogens is 355 g/mol. The summed E-state index contributed by atoms with van der Waals surface area (Å²) in [4.78, 5) is 9.54. The van der Waals surface area contributed by atoms with Gasteiger partial charge in [0.15, 0.2) is 5.69 Å². The van der Waals surface area contributed by atoms with Gasteiger partial charge in [0.05, 0.1) is 0 Å². The molecule has 2 N–H and O–H groups in total. The first-order valence-electron chi connectivity index (χ1n) is 7.53. The Kier molecular flexibility index (Phi) is 6.07. The molecule has 0 bridgehead atoms. The summed E-state index contributed by atoms with van der Waals surface area (Å²) in [6, 6.07) is 5.98. The summed E-state index contributed by atoms with van der Waals surface area (Å²) in [6.07, 6.45) is -4.57. The fourth-order valence-electron chi connectivity index (χ4n) is 1.95. The lowest BCUT2D eigenvalue weighted by Gasteiger charge is -2.14. The highest BCUT2D eigenvalue weighted by atomic mass is 35.5. The predicted octanol–water partition coefficient (Wildman–Crippen LogP) is 4.17. The van der Waals surface area contributed by atoms with Crippen LogP contribution in [0.3, 0.4) is 0 Å². The lowest BCUT2D eigenvalue weighted by Crippen LogP contribution is -2.22. The summed E-state index contributed by atoms with van der Waals surface area (Å²) >= 11 is 6.04. The Bertz CT molecular complexity index is 734. The number of benzene rings is 1. The van der Waals surface area contributed by atoms with Gasteiger partial charge < -0.3 is 15.5 Å². The van der Waals surface area contributed by atoms with E-state index in [0.717, 1.165) is 11.6 Å². The normalized spacial score (nSPS) is 11.7. The number of hydrogen-bond acceptors (Lipinski definition) is 5. The van der Waals surface area contributed by atoms with Crippen LogP contribution in [0.25, 0.3) is 0 Å². The highest BCUT2D eigenvalue weighted by molar-refractivity contribution is 6.31. The molecule has 0 spiro atoms. The van der Waals surface area contributed by atoms with Gasteiger partial charge in [0.1, 0.15) is 5.82 Å². The zero-order valence-electron chi connectivity index (χ0n) is 14.1. The summed E-state index contributed by atoms with van der Waals surface area (Å²) in [7, 11) is 3.73. The van der Waals surface area contributed by atoms with Crippen molar-refractivity contribution in [3.63, 3.8) is 0 Å². The zero-order chi connectivity index (χ0) is 18.6. The SMILES string of the molecule is Cc1ccc(Nc2cc(C(F)(F)F)nc(NCCN(C)C)n2)cc1Cl. The number of aromatic nitrogens is 2. The van der Waals surface area contributed by atoms with Gasteiger partial charge in [-0.1, -0.05) is 17.7 Å². The monoisotopic (exact) mass is 373 g/mol. The molecule has 0 aliphatic rings. The van der Waals surface area contributed by atoms with Crippen LogP contribution in [0.2, 0.25) is 5.02 Å². The average Bonchev–Trinajstić information content (AvgIpc) is 2.49. The van der Waals surface area contributed by atoms with Crippen LogP contribution < -0.4 is 10.6 Å². The van der Waals surface area contributed by atoms with Crippen LogP contribution >= 0.6 is 11.6 Å². The molecule has 0 saturated carbocycles. The molecule has 9 heteroatoms. The Hall–Kier alpha value is -2.06. The Morgan fingerprint density at radius 3 is 2.48 bits per heavy atom. The third-order valence-corrected chi connectivity index (χ3v) is 3.71. The third kappa shape index (κ3) is 5.75. The number of hydrogen-bond donors (Lipinski definition) is 2. The molecule has 25 heavy (non-hydrogen) atoms. The van der Waals surface area contributed by atoms with E-state index >= 15 is 0 Å². The largest absolute Gasteiger partial charge is 0.433 e. The number of aryl methyl sites for hydroxylation is 1. The maximum absolute atomic E-state index is 13.1. The number of halogens is 4. The Balaban J connectivity index is 2.27. The summed E-state index contributed by atoms with van der Waals surface area (Å²) in [5.74, 6) is -0.0491. The highest BCUT2D eigenvalue weighted by Crippen LogP contribution is 2.31. The van der Waals surface area contributed by atoms with Crippen LogP contribution in [0.4, 0.5) is 30.6 Å². The molecule has 1 aromatic heterocycles. The first-order chi connectivity index (χ1) is 11.6. The second-order valence-corrected chi connectivity index (χ2v) is 6.19. The number of rotatable bonds is 6. The molecule has 0 aliphatic carbocycles. The van der Waals surface area contributed by atoms with Crippen molar-refractivity contribution in [3.05, 3.63) is 40.5 Å². The van der Waals surface area contributed by atoms with Crippen LogP contribution in [0.1, 0.15) is 11.3 Å². The molecule has 0 atom stereocenters. The van der Waals surface area contributed by atoms with Gasteiger partial charge in [-0.25, -0.2) is 4.98 Å². The van der Waals surface area contributed by atoms with Crippen molar-refractivity contribution < 1.29 is 13.2 Å². The van der Waals surface area contributed by atoms with E-state index in [0.29, 0.717) is 23.8 Å². The second kappa shape index (κ2) is 7.88. The van der Waals surface area contributed by atoms with Gasteiger partial charge in [-0.15, -0.1) is 0 Å². The summed E-state index contributed by atoms with van der Waals surface area (Å²) in [5.41, 5.74) is 0.397. The smallest absolute Gasteiger partial charge is 0.353 e. The maximum atomic E-state index is 13.1. The van der Waals surface area contributed by atoms with Crippen LogP contribution in [-0.2, 0) is 6.18 Å². The fourth-order valence-corrected chi connectivity index (χ4v) is 2.13. The molecule has 0 radical (unpaired) electrons. The fraction of sp³-hybridized carbons (Fsp3) is 0.375. The molecule has 0 saturated heterocycles. The topological polar surface area (TPSA) is 53.1 Å². The van der Waals surface area contributed by atoms with E-state index in [1.807, 2.05) is 25.9 Å². The lowest BCUT2D eigenvalue weighted by atomic mass is 10.2. The molecule has 0 fully saturated rings. The van der Waals surface area contributed by atoms with Crippen molar-refractivity contribution in [2.45, 2.75) is 13.1 Å². The standard InChI is InChI=1S/C16H19ClF3N5/c1-10-4-5-11(8-12(10)17)22-14-9-13(16(18,19)20)23-15(24-14)21-6-7-25(2)3/h4-5,8-9H,6-7H2,1-3H3,(H2,21,22,23,24). The van der Waals surface area contributed by atoms with E-state index in [1.54, 1.807) is 18.2 Å². The van der Waals surface area contributed by atoms with Gasteiger partial charge in [0.25, 0.3) is 0 Å². The van der Waals surface area contributed by atoms with E-state index in [1.165, 1.54) is 0 Å². The number of anilines is 3. The number of nitrogens with one attached hydrogen (secondary N) is 2. The van der Waals surface area contributed by atoms with Crippen LogP contribution in [-0.4, -0.2) is 42.1 Å². The molecule has 0 amide bonds. The Labute approximate surface area is 149 Å². The summed E-state index contributed by atoms with van der Waals surface area (Å²) < 4.78 is 39.2. The van der Waals surface area contributed by atoms with Gasteiger partial charge in [-0.3, -0.25) is 0 Å². The van der Waals surface area contributed by atoms with Gasteiger partial charge >= 0.3 is 6.18 Å². The Morgan fingerprint density at radius 1 is 1.16 bits per heavy atom. The molecule has 136 valence electrons. The third-order valence-electron chi connectivity index (χ3n) is 3.30. The van der Waals surface area contributed by atoms with E-state index < -0.39 is 11.9 Å². The van der Waals surface area contributed by atoms with Crippen LogP contribution in [0, 0.1) is 6.92 Å². The van der Waals surface area contributed by atoms with Crippen LogP contribution in [0.15, 0.2) is 24.3 Å². The van der Waals surface area contributed by atoms with Crippen molar-refractivity contribution in [2.24, 2.45) is 0 Å². The first-order valence-corrected chi connectivity index (χ1v) is 7.91. The van der Waals surface area contributed by atoms with Crippen LogP contribution in [0.5, 0.6) is 0 Å². The quantitative estimate of drug-likeness (QED) is 0.795. The molecule has 2 rings (SSSR count). The first kappa shape index (κ1) is 19.3. The average molecular weight is 374 g/mol. The molecule has 1 heterocycles. The van der Waals surface area contributed by atoms with Gasteiger partial charge in [-0.05, 0) is 38.7 Å². The minimum absolute atomic E-state index is 0.0367. The summed E-state index contributed by atoms with van der Waals surface area (Å²) in [6.45, 7) is 2.89. The molecule has 0 unspecified atom stereocenters.